The van der Waals surface area contributed by atoms with Crippen molar-refractivity contribution in [2.45, 2.75) is 300 Å². The van der Waals surface area contributed by atoms with Gasteiger partial charge in [-0.05, 0) is 64.2 Å². The molecule has 0 aliphatic carbocycles. The van der Waals surface area contributed by atoms with Gasteiger partial charge in [-0.25, -0.2) is 0 Å². The molecule has 0 aromatic carbocycles. The van der Waals surface area contributed by atoms with Crippen molar-refractivity contribution in [1.82, 2.24) is 5.32 Å². The van der Waals surface area contributed by atoms with Gasteiger partial charge in [0.05, 0.1) is 25.4 Å². The Morgan fingerprint density at radius 3 is 1.33 bits per heavy atom. The third-order valence-electron chi connectivity index (χ3n) is 13.4. The van der Waals surface area contributed by atoms with E-state index in [1.165, 1.54) is 154 Å². The van der Waals surface area contributed by atoms with E-state index in [2.05, 4.69) is 55.6 Å². The summed E-state index contributed by atoms with van der Waals surface area (Å²) >= 11 is 0. The summed E-state index contributed by atoms with van der Waals surface area (Å²) in [6.45, 7) is 3.44. The van der Waals surface area contributed by atoms with E-state index in [0.29, 0.717) is 19.3 Å². The number of hydrogen-bond donors (Lipinski definition) is 8. The molecule has 8 N–H and O–H groups in total. The molecule has 9 unspecified atom stereocenters. The lowest BCUT2D eigenvalue weighted by Gasteiger charge is -2.40. The van der Waals surface area contributed by atoms with Crippen LogP contribution in [0, 0.1) is 0 Å². The van der Waals surface area contributed by atoms with Crippen molar-refractivity contribution >= 4 is 5.91 Å². The third-order valence-corrected chi connectivity index (χ3v) is 13.4. The van der Waals surface area contributed by atoms with Gasteiger partial charge in [0.25, 0.3) is 0 Å². The molecule has 0 radical (unpaired) electrons. The van der Waals surface area contributed by atoms with Crippen LogP contribution < -0.4 is 5.32 Å². The zero-order chi connectivity index (χ0) is 49.0. The Balaban J connectivity index is 2.37. The van der Waals surface area contributed by atoms with E-state index in [-0.39, 0.29) is 12.8 Å². The molecule has 0 spiro atoms. The average Bonchev–Trinajstić information content (AvgIpc) is 3.33. The minimum atomic E-state index is -1.67. The molecule has 9 atom stereocenters. The van der Waals surface area contributed by atoms with Gasteiger partial charge in [0.2, 0.25) is 5.91 Å². The normalized spacial score (nSPS) is 20.9. The smallest absolute Gasteiger partial charge is 0.249 e. The van der Waals surface area contributed by atoms with Gasteiger partial charge in [-0.2, -0.15) is 0 Å². The average molecular weight is 952 g/mol. The van der Waals surface area contributed by atoms with Crippen LogP contribution in [-0.4, -0.2) is 110 Å². The molecular formula is C56H105NO10. The molecule has 0 aromatic heterocycles. The number of aliphatic hydroxyl groups excluding tert-OH is 7. The molecule has 1 aliphatic heterocycles. The van der Waals surface area contributed by atoms with Crippen LogP contribution in [0.4, 0.5) is 0 Å². The van der Waals surface area contributed by atoms with Crippen LogP contribution in [0.25, 0.3) is 0 Å². The van der Waals surface area contributed by atoms with E-state index in [9.17, 15) is 40.5 Å². The number of carbonyl (C=O) groups excluding carboxylic acids is 1. The quantitative estimate of drug-likeness (QED) is 0.0215. The first-order valence-electron chi connectivity index (χ1n) is 27.9. The Kier molecular flexibility index (Phi) is 43.0. The highest BCUT2D eigenvalue weighted by molar-refractivity contribution is 5.80. The number of rotatable bonds is 47. The van der Waals surface area contributed by atoms with Crippen molar-refractivity contribution in [2.75, 3.05) is 13.2 Å². The molecular weight excluding hydrogens is 847 g/mol. The SMILES string of the molecule is CCCCCCCCCCCCCC/C=C/CC/C=C/CC/C=C/CCCC(O)C(O)C(COC1OC(CO)C(O)C(O)C1O)NC(=O)C(O)CCCCCCCCCCCCCCCCC. The minimum absolute atomic E-state index is 0.242. The van der Waals surface area contributed by atoms with Crippen LogP contribution in [0.2, 0.25) is 0 Å². The van der Waals surface area contributed by atoms with Gasteiger partial charge in [-0.1, -0.05) is 217 Å². The molecule has 67 heavy (non-hydrogen) atoms. The second kappa shape index (κ2) is 45.5. The summed E-state index contributed by atoms with van der Waals surface area (Å²) in [5.41, 5.74) is 0. The molecule has 0 bridgehead atoms. The number of carbonyl (C=O) groups is 1. The van der Waals surface area contributed by atoms with Gasteiger partial charge in [0.15, 0.2) is 6.29 Å². The molecule has 394 valence electrons. The Morgan fingerprint density at radius 2 is 0.896 bits per heavy atom. The van der Waals surface area contributed by atoms with Crippen molar-refractivity contribution in [3.63, 3.8) is 0 Å². The maximum atomic E-state index is 13.1. The Hall–Kier alpha value is -1.67. The number of ether oxygens (including phenoxy) is 2. The lowest BCUT2D eigenvalue weighted by atomic mass is 9.98. The first kappa shape index (κ1) is 63.3. The van der Waals surface area contributed by atoms with Gasteiger partial charge in [-0.15, -0.1) is 0 Å². The van der Waals surface area contributed by atoms with E-state index < -0.39 is 74.2 Å². The number of unbranched alkanes of at least 4 members (excludes halogenated alkanes) is 29. The van der Waals surface area contributed by atoms with Crippen LogP contribution in [0.15, 0.2) is 36.5 Å². The molecule has 0 aromatic rings. The molecule has 0 saturated carbocycles. The zero-order valence-electron chi connectivity index (χ0n) is 42.9. The molecule has 1 heterocycles. The van der Waals surface area contributed by atoms with Crippen molar-refractivity contribution in [1.29, 1.82) is 0 Å². The largest absolute Gasteiger partial charge is 0.394 e. The molecule has 11 heteroatoms. The fourth-order valence-corrected chi connectivity index (χ4v) is 8.83. The highest BCUT2D eigenvalue weighted by atomic mass is 16.7. The van der Waals surface area contributed by atoms with Crippen molar-refractivity contribution < 1.29 is 50.0 Å². The maximum Gasteiger partial charge on any atom is 0.249 e. The number of amides is 1. The van der Waals surface area contributed by atoms with E-state index >= 15 is 0 Å². The molecule has 1 amide bonds. The van der Waals surface area contributed by atoms with E-state index in [1.54, 1.807) is 0 Å². The van der Waals surface area contributed by atoms with Crippen molar-refractivity contribution in [3.05, 3.63) is 36.5 Å². The second-order valence-corrected chi connectivity index (χ2v) is 19.6. The Morgan fingerprint density at radius 1 is 0.507 bits per heavy atom. The molecule has 1 fully saturated rings. The van der Waals surface area contributed by atoms with Crippen LogP contribution in [-0.2, 0) is 14.3 Å². The second-order valence-electron chi connectivity index (χ2n) is 19.6. The van der Waals surface area contributed by atoms with Crippen LogP contribution >= 0.6 is 0 Å². The predicted octanol–water partition coefficient (Wildman–Crippen LogP) is 11.1. The summed E-state index contributed by atoms with van der Waals surface area (Å²) in [4.78, 5) is 13.1. The Bertz CT molecular complexity index is 1180. The summed E-state index contributed by atoms with van der Waals surface area (Å²) < 4.78 is 11.1. The molecule has 1 saturated heterocycles. The zero-order valence-corrected chi connectivity index (χ0v) is 42.9. The summed E-state index contributed by atoms with van der Waals surface area (Å²) in [6, 6.07) is -1.19. The third kappa shape index (κ3) is 34.3. The van der Waals surface area contributed by atoms with E-state index in [0.717, 1.165) is 44.9 Å². The number of nitrogens with one attached hydrogen (secondary N) is 1. The number of hydrogen-bond acceptors (Lipinski definition) is 10. The fourth-order valence-electron chi connectivity index (χ4n) is 8.83. The summed E-state index contributed by atoms with van der Waals surface area (Å²) in [6.07, 6.45) is 43.4. The van der Waals surface area contributed by atoms with Crippen molar-refractivity contribution in [3.8, 4) is 0 Å². The standard InChI is InChI=1S/C56H105NO10/c1-3-5-7-9-11-13-15-17-19-20-21-22-23-24-25-26-27-28-30-31-33-35-37-39-41-43-48(59)51(61)47(46-66-56-54(64)53(63)52(62)50(45-58)67-56)57-55(65)49(60)44-42-40-38-36-34-32-29-18-16-14-12-10-8-6-4-2/h24-25,28,30,35,37,47-54,56,58-64H,3-23,26-27,29,31-34,36,38-46H2,1-2H3,(H,57,65)/b25-24+,30-28+,37-35+. The van der Waals surface area contributed by atoms with Gasteiger partial charge in [0.1, 0.15) is 36.6 Å². The van der Waals surface area contributed by atoms with E-state index in [1.807, 2.05) is 0 Å². The van der Waals surface area contributed by atoms with Gasteiger partial charge >= 0.3 is 0 Å². The highest BCUT2D eigenvalue weighted by Gasteiger charge is 2.44. The van der Waals surface area contributed by atoms with Gasteiger partial charge in [-0.3, -0.25) is 4.79 Å². The van der Waals surface area contributed by atoms with Crippen LogP contribution in [0.1, 0.15) is 245 Å². The summed E-state index contributed by atoms with van der Waals surface area (Å²) in [5, 5.41) is 76.0. The van der Waals surface area contributed by atoms with E-state index in [4.69, 9.17) is 9.47 Å². The number of aliphatic hydroxyl groups is 7. The topological polar surface area (TPSA) is 189 Å². The highest BCUT2D eigenvalue weighted by Crippen LogP contribution is 2.23. The summed E-state index contributed by atoms with van der Waals surface area (Å²) in [7, 11) is 0. The first-order chi connectivity index (χ1) is 32.7. The van der Waals surface area contributed by atoms with Gasteiger partial charge < -0.3 is 50.5 Å². The fraction of sp³-hybridized carbons (Fsp3) is 0.875. The summed E-state index contributed by atoms with van der Waals surface area (Å²) in [5.74, 6) is -0.711. The Labute approximate surface area is 409 Å². The molecule has 1 aliphatic rings. The van der Waals surface area contributed by atoms with Gasteiger partial charge in [0, 0.05) is 0 Å². The molecule has 11 nitrogen and oxygen atoms in total. The van der Waals surface area contributed by atoms with Crippen LogP contribution in [0.3, 0.4) is 0 Å². The lowest BCUT2D eigenvalue weighted by molar-refractivity contribution is -0.303. The first-order valence-corrected chi connectivity index (χ1v) is 27.9. The monoisotopic (exact) mass is 952 g/mol. The predicted molar refractivity (Wildman–Crippen MR) is 275 cm³/mol. The van der Waals surface area contributed by atoms with Crippen molar-refractivity contribution in [2.24, 2.45) is 0 Å². The number of allylic oxidation sites excluding steroid dienone is 6. The minimum Gasteiger partial charge on any atom is -0.394 e. The maximum absolute atomic E-state index is 13.1. The lowest BCUT2D eigenvalue weighted by Crippen LogP contribution is -2.60. The van der Waals surface area contributed by atoms with Crippen LogP contribution in [0.5, 0.6) is 0 Å². The molecule has 1 rings (SSSR count).